The maximum absolute atomic E-state index is 13.1. The molecule has 0 saturated carbocycles. The van der Waals surface area contributed by atoms with Gasteiger partial charge in [-0.15, -0.1) is 0 Å². The molecule has 0 aliphatic rings. The van der Waals surface area contributed by atoms with E-state index in [4.69, 9.17) is 16.7 Å². The summed E-state index contributed by atoms with van der Waals surface area (Å²) in [4.78, 5) is 27.8. The Kier molecular flexibility index (Phi) is 8.21. The van der Waals surface area contributed by atoms with Crippen LogP contribution in [0.15, 0.2) is 59.1 Å². The number of hydrogen-bond donors (Lipinski definition) is 1. The molecule has 0 aliphatic carbocycles. The molecule has 0 spiro atoms. The molecule has 1 aromatic heterocycles. The Morgan fingerprint density at radius 1 is 1.09 bits per heavy atom. The molecule has 0 atom stereocenters. The first-order valence-electron chi connectivity index (χ1n) is 11.1. The molecule has 1 N–H and O–H groups in total. The Hall–Kier alpha value is -2.64. The number of rotatable bonds is 7. The van der Waals surface area contributed by atoms with Gasteiger partial charge in [-0.3, -0.25) is 9.59 Å². The lowest BCUT2D eigenvalue weighted by molar-refractivity contribution is -0.117. The molecular weight excluding hydrogens is 516 g/mol. The Balaban J connectivity index is 1.86. The number of nitrogens with one attached hydrogen (secondary N) is 1. The van der Waals surface area contributed by atoms with E-state index in [9.17, 15) is 9.59 Å². The van der Waals surface area contributed by atoms with Gasteiger partial charge in [0.25, 0.3) is 5.91 Å². The number of benzene rings is 2. The molecule has 0 aliphatic heterocycles. The van der Waals surface area contributed by atoms with Crippen LogP contribution in [0, 0.1) is 5.92 Å². The minimum absolute atomic E-state index is 0.0657. The fraction of sp³-hybridized carbons (Fsp3) is 0.346. The second kappa shape index (κ2) is 10.7. The summed E-state index contributed by atoms with van der Waals surface area (Å²) < 4.78 is 2.58. The second-order valence-electron chi connectivity index (χ2n) is 9.69. The summed E-state index contributed by atoms with van der Waals surface area (Å²) in [6.45, 7) is 10.6. The number of halogens is 2. The smallest absolute Gasteiger partial charge is 0.254 e. The van der Waals surface area contributed by atoms with Gasteiger partial charge in [-0.2, -0.15) is 5.10 Å². The van der Waals surface area contributed by atoms with Crippen molar-refractivity contribution in [2.45, 2.75) is 40.0 Å². The van der Waals surface area contributed by atoms with Crippen LogP contribution < -0.4 is 5.32 Å². The first-order valence-corrected chi connectivity index (χ1v) is 12.3. The van der Waals surface area contributed by atoms with Crippen molar-refractivity contribution in [3.8, 4) is 5.69 Å². The molecule has 180 valence electrons. The van der Waals surface area contributed by atoms with Crippen molar-refractivity contribution in [3.63, 3.8) is 0 Å². The molecule has 8 heteroatoms. The lowest BCUT2D eigenvalue weighted by atomic mass is 9.92. The van der Waals surface area contributed by atoms with Gasteiger partial charge >= 0.3 is 0 Å². The van der Waals surface area contributed by atoms with E-state index in [1.807, 2.05) is 44.2 Å². The number of aromatic nitrogens is 2. The fourth-order valence-electron chi connectivity index (χ4n) is 3.41. The summed E-state index contributed by atoms with van der Waals surface area (Å²) in [6.07, 6.45) is 0. The Labute approximate surface area is 214 Å². The molecule has 0 fully saturated rings. The Bertz CT molecular complexity index is 1150. The zero-order valence-corrected chi connectivity index (χ0v) is 22.4. The predicted octanol–water partition coefficient (Wildman–Crippen LogP) is 6.32. The predicted molar refractivity (Wildman–Crippen MR) is 141 cm³/mol. The normalized spacial score (nSPS) is 11.5. The van der Waals surface area contributed by atoms with Gasteiger partial charge in [0.05, 0.1) is 11.4 Å². The van der Waals surface area contributed by atoms with Crippen molar-refractivity contribution < 1.29 is 9.59 Å². The molecule has 0 saturated heterocycles. The SMILES string of the molecule is CC(C)CN(CC(=O)Nc1cc(C(C)(C)C)nn1-c1ccc(Cl)cc1)C(=O)c1ccc(Br)cc1. The van der Waals surface area contributed by atoms with E-state index in [1.165, 1.54) is 0 Å². The number of nitrogens with zero attached hydrogens (tertiary/aromatic N) is 3. The quantitative estimate of drug-likeness (QED) is 0.378. The molecule has 0 bridgehead atoms. The van der Waals surface area contributed by atoms with E-state index in [0.717, 1.165) is 15.9 Å². The highest BCUT2D eigenvalue weighted by Crippen LogP contribution is 2.27. The highest BCUT2D eigenvalue weighted by molar-refractivity contribution is 9.10. The number of carbonyl (C=O) groups is 2. The van der Waals surface area contributed by atoms with Crippen LogP contribution >= 0.6 is 27.5 Å². The number of hydrogen-bond acceptors (Lipinski definition) is 3. The molecule has 34 heavy (non-hydrogen) atoms. The summed E-state index contributed by atoms with van der Waals surface area (Å²) in [5.74, 6) is 0.275. The number of carbonyl (C=O) groups excluding carboxylic acids is 2. The summed E-state index contributed by atoms with van der Waals surface area (Å²) in [5.41, 5.74) is 1.94. The van der Waals surface area contributed by atoms with Crippen molar-refractivity contribution in [1.29, 1.82) is 0 Å². The number of amides is 2. The first-order chi connectivity index (χ1) is 15.9. The first kappa shape index (κ1) is 26.0. The molecule has 0 radical (unpaired) electrons. The monoisotopic (exact) mass is 544 g/mol. The van der Waals surface area contributed by atoms with Gasteiger partial charge in [0.15, 0.2) is 0 Å². The molecule has 0 unspecified atom stereocenters. The highest BCUT2D eigenvalue weighted by atomic mass is 79.9. The van der Waals surface area contributed by atoms with E-state index in [2.05, 4.69) is 42.0 Å². The molecule has 2 aromatic carbocycles. The van der Waals surface area contributed by atoms with Crippen LogP contribution in [0.2, 0.25) is 5.02 Å². The molecule has 1 heterocycles. The maximum Gasteiger partial charge on any atom is 0.254 e. The standard InChI is InChI=1S/C26H30BrClN4O2/c1-17(2)15-31(25(34)18-6-8-19(27)9-7-18)16-24(33)29-23-14-22(26(3,4)5)30-32(23)21-12-10-20(28)11-13-21/h6-14,17H,15-16H2,1-5H3,(H,29,33). The van der Waals surface area contributed by atoms with Crippen molar-refractivity contribution in [3.05, 3.63) is 75.4 Å². The third-order valence-corrected chi connectivity index (χ3v) is 5.90. The van der Waals surface area contributed by atoms with Crippen LogP contribution in [0.5, 0.6) is 0 Å². The third-order valence-electron chi connectivity index (χ3n) is 5.11. The molecule has 3 aromatic rings. The van der Waals surface area contributed by atoms with Gasteiger partial charge in [-0.1, -0.05) is 62.1 Å². The van der Waals surface area contributed by atoms with Gasteiger partial charge < -0.3 is 10.2 Å². The van der Waals surface area contributed by atoms with Crippen LogP contribution in [-0.4, -0.2) is 39.6 Å². The van der Waals surface area contributed by atoms with Crippen molar-refractivity contribution in [1.82, 2.24) is 14.7 Å². The van der Waals surface area contributed by atoms with Gasteiger partial charge in [0, 0.05) is 33.1 Å². The molecular formula is C26H30BrClN4O2. The van der Waals surface area contributed by atoms with Crippen molar-refractivity contribution in [2.75, 3.05) is 18.4 Å². The van der Waals surface area contributed by atoms with E-state index in [1.54, 1.807) is 33.8 Å². The molecule has 2 amide bonds. The topological polar surface area (TPSA) is 67.2 Å². The highest BCUT2D eigenvalue weighted by Gasteiger charge is 2.24. The summed E-state index contributed by atoms with van der Waals surface area (Å²) in [6, 6.07) is 16.3. The van der Waals surface area contributed by atoms with Gasteiger partial charge in [0.1, 0.15) is 12.4 Å². The number of anilines is 1. The summed E-state index contributed by atoms with van der Waals surface area (Å²) in [5, 5.41) is 8.31. The maximum atomic E-state index is 13.1. The summed E-state index contributed by atoms with van der Waals surface area (Å²) >= 11 is 9.44. The Morgan fingerprint density at radius 3 is 2.26 bits per heavy atom. The van der Waals surface area contributed by atoms with Crippen LogP contribution in [0.1, 0.15) is 50.7 Å². The van der Waals surface area contributed by atoms with Crippen LogP contribution in [0.25, 0.3) is 5.69 Å². The van der Waals surface area contributed by atoms with Gasteiger partial charge in [-0.05, 0) is 54.4 Å². The second-order valence-corrected chi connectivity index (χ2v) is 11.0. The largest absolute Gasteiger partial charge is 0.329 e. The zero-order chi connectivity index (χ0) is 25.0. The third kappa shape index (κ3) is 6.70. The van der Waals surface area contributed by atoms with Gasteiger partial charge in [0.2, 0.25) is 5.91 Å². The van der Waals surface area contributed by atoms with Gasteiger partial charge in [-0.25, -0.2) is 4.68 Å². The average molecular weight is 546 g/mol. The lowest BCUT2D eigenvalue weighted by Gasteiger charge is -2.24. The molecule has 6 nitrogen and oxygen atoms in total. The van der Waals surface area contributed by atoms with Crippen LogP contribution in [0.4, 0.5) is 5.82 Å². The average Bonchev–Trinajstić information content (AvgIpc) is 3.17. The lowest BCUT2D eigenvalue weighted by Crippen LogP contribution is -2.40. The van der Waals surface area contributed by atoms with Crippen molar-refractivity contribution in [2.24, 2.45) is 5.92 Å². The summed E-state index contributed by atoms with van der Waals surface area (Å²) in [7, 11) is 0. The van der Waals surface area contributed by atoms with E-state index >= 15 is 0 Å². The van der Waals surface area contributed by atoms with Crippen LogP contribution in [-0.2, 0) is 10.2 Å². The zero-order valence-electron chi connectivity index (χ0n) is 20.1. The fourth-order valence-corrected chi connectivity index (χ4v) is 3.80. The minimum Gasteiger partial charge on any atom is -0.329 e. The van der Waals surface area contributed by atoms with Crippen molar-refractivity contribution >= 4 is 45.2 Å². The van der Waals surface area contributed by atoms with E-state index in [-0.39, 0.29) is 29.7 Å². The van der Waals surface area contributed by atoms with Crippen LogP contribution in [0.3, 0.4) is 0 Å². The van der Waals surface area contributed by atoms with E-state index in [0.29, 0.717) is 22.9 Å². The Morgan fingerprint density at radius 2 is 1.71 bits per heavy atom. The van der Waals surface area contributed by atoms with E-state index < -0.39 is 0 Å². The minimum atomic E-state index is -0.290. The molecule has 3 rings (SSSR count).